The van der Waals surface area contributed by atoms with Crippen LogP contribution < -0.4 is 11.1 Å². The van der Waals surface area contributed by atoms with Gasteiger partial charge in [-0.1, -0.05) is 0 Å². The molecular weight excluding hydrogens is 164 g/mol. The standard InChI is InChI=1S/C10H18N2O/c11-10-8(5-6-12-10)3-4-9-2-1-7-13-9/h1,7-10,12H,2-6,11H2. The van der Waals surface area contributed by atoms with E-state index < -0.39 is 0 Å². The van der Waals surface area contributed by atoms with Crippen LogP contribution in [0, 0.1) is 5.92 Å². The van der Waals surface area contributed by atoms with E-state index in [2.05, 4.69) is 11.4 Å². The number of ether oxygens (including phenoxy) is 1. The molecule has 3 nitrogen and oxygen atoms in total. The van der Waals surface area contributed by atoms with Crippen molar-refractivity contribution in [2.45, 2.75) is 38.0 Å². The average Bonchev–Trinajstić information content (AvgIpc) is 2.72. The second-order valence-corrected chi connectivity index (χ2v) is 3.97. The Morgan fingerprint density at radius 1 is 1.46 bits per heavy atom. The second kappa shape index (κ2) is 4.11. The minimum absolute atomic E-state index is 0.217. The molecule has 0 bridgehead atoms. The lowest BCUT2D eigenvalue weighted by Crippen LogP contribution is -2.36. The third kappa shape index (κ3) is 2.23. The molecule has 0 aromatic carbocycles. The molecule has 2 aliphatic rings. The highest BCUT2D eigenvalue weighted by Gasteiger charge is 2.24. The van der Waals surface area contributed by atoms with E-state index in [4.69, 9.17) is 10.5 Å². The lowest BCUT2D eigenvalue weighted by Gasteiger charge is -2.17. The monoisotopic (exact) mass is 182 g/mol. The summed E-state index contributed by atoms with van der Waals surface area (Å²) in [5, 5.41) is 3.27. The Morgan fingerprint density at radius 2 is 2.38 bits per heavy atom. The molecule has 13 heavy (non-hydrogen) atoms. The quantitative estimate of drug-likeness (QED) is 0.683. The molecule has 0 aliphatic carbocycles. The van der Waals surface area contributed by atoms with E-state index in [1.54, 1.807) is 0 Å². The predicted octanol–water partition coefficient (Wildman–Crippen LogP) is 0.963. The van der Waals surface area contributed by atoms with Crippen LogP contribution in [0.4, 0.5) is 0 Å². The SMILES string of the molecule is NC1NCCC1CCC1CC=CO1. The highest BCUT2D eigenvalue weighted by atomic mass is 16.5. The summed E-state index contributed by atoms with van der Waals surface area (Å²) in [7, 11) is 0. The third-order valence-corrected chi connectivity index (χ3v) is 3.03. The van der Waals surface area contributed by atoms with Crippen molar-refractivity contribution in [2.24, 2.45) is 11.7 Å². The smallest absolute Gasteiger partial charge is 0.101 e. The van der Waals surface area contributed by atoms with Crippen molar-refractivity contribution in [2.75, 3.05) is 6.54 Å². The Kier molecular flexibility index (Phi) is 2.86. The summed E-state index contributed by atoms with van der Waals surface area (Å²) < 4.78 is 5.41. The Balaban J connectivity index is 1.67. The molecule has 1 fully saturated rings. The molecule has 74 valence electrons. The molecule has 0 saturated carbocycles. The van der Waals surface area contributed by atoms with E-state index in [1.807, 2.05) is 6.26 Å². The first kappa shape index (κ1) is 9.03. The Morgan fingerprint density at radius 3 is 3.00 bits per heavy atom. The van der Waals surface area contributed by atoms with Crippen LogP contribution >= 0.6 is 0 Å². The molecule has 3 unspecified atom stereocenters. The lowest BCUT2D eigenvalue weighted by molar-refractivity contribution is 0.150. The maximum atomic E-state index is 5.90. The van der Waals surface area contributed by atoms with Crippen molar-refractivity contribution in [3.8, 4) is 0 Å². The van der Waals surface area contributed by atoms with Crippen LogP contribution in [0.15, 0.2) is 12.3 Å². The molecule has 1 saturated heterocycles. The highest BCUT2D eigenvalue weighted by molar-refractivity contribution is 4.88. The van der Waals surface area contributed by atoms with Crippen LogP contribution in [-0.2, 0) is 4.74 Å². The van der Waals surface area contributed by atoms with E-state index in [9.17, 15) is 0 Å². The van der Waals surface area contributed by atoms with Gasteiger partial charge in [0.15, 0.2) is 0 Å². The molecule has 0 radical (unpaired) electrons. The van der Waals surface area contributed by atoms with Gasteiger partial charge in [0.2, 0.25) is 0 Å². The van der Waals surface area contributed by atoms with Gasteiger partial charge in [0.25, 0.3) is 0 Å². The van der Waals surface area contributed by atoms with E-state index in [1.165, 1.54) is 12.8 Å². The molecule has 3 atom stereocenters. The Labute approximate surface area is 79.3 Å². The van der Waals surface area contributed by atoms with Gasteiger partial charge in [-0.05, 0) is 37.8 Å². The van der Waals surface area contributed by atoms with Crippen molar-refractivity contribution in [1.82, 2.24) is 5.32 Å². The van der Waals surface area contributed by atoms with Crippen LogP contribution in [0.5, 0.6) is 0 Å². The maximum absolute atomic E-state index is 5.90. The summed E-state index contributed by atoms with van der Waals surface area (Å²) in [4.78, 5) is 0. The molecule has 0 aromatic rings. The van der Waals surface area contributed by atoms with Gasteiger partial charge in [0.05, 0.1) is 12.4 Å². The van der Waals surface area contributed by atoms with Gasteiger partial charge in [-0.25, -0.2) is 0 Å². The van der Waals surface area contributed by atoms with Crippen molar-refractivity contribution in [3.63, 3.8) is 0 Å². The maximum Gasteiger partial charge on any atom is 0.101 e. The summed E-state index contributed by atoms with van der Waals surface area (Å²) in [6.07, 6.45) is 9.20. The number of rotatable bonds is 3. The van der Waals surface area contributed by atoms with Gasteiger partial charge in [-0.3, -0.25) is 0 Å². The van der Waals surface area contributed by atoms with Gasteiger partial charge in [-0.2, -0.15) is 0 Å². The first-order valence-corrected chi connectivity index (χ1v) is 5.15. The summed E-state index contributed by atoms with van der Waals surface area (Å²) >= 11 is 0. The van der Waals surface area contributed by atoms with Crippen LogP contribution in [0.3, 0.4) is 0 Å². The third-order valence-electron chi connectivity index (χ3n) is 3.03. The van der Waals surface area contributed by atoms with Gasteiger partial charge < -0.3 is 15.8 Å². The largest absolute Gasteiger partial charge is 0.498 e. The Hall–Kier alpha value is -0.540. The minimum Gasteiger partial charge on any atom is -0.498 e. The lowest BCUT2D eigenvalue weighted by atomic mass is 9.97. The number of nitrogens with two attached hydrogens (primary N) is 1. The predicted molar refractivity (Wildman–Crippen MR) is 51.9 cm³/mol. The van der Waals surface area contributed by atoms with Crippen LogP contribution in [0.2, 0.25) is 0 Å². The molecule has 2 heterocycles. The molecule has 0 spiro atoms. The van der Waals surface area contributed by atoms with Gasteiger partial charge in [-0.15, -0.1) is 0 Å². The minimum atomic E-state index is 0.217. The second-order valence-electron chi connectivity index (χ2n) is 3.97. The zero-order valence-corrected chi connectivity index (χ0v) is 7.91. The van der Waals surface area contributed by atoms with E-state index >= 15 is 0 Å². The molecule has 0 aromatic heterocycles. The first-order chi connectivity index (χ1) is 6.36. The van der Waals surface area contributed by atoms with Crippen molar-refractivity contribution in [3.05, 3.63) is 12.3 Å². The highest BCUT2D eigenvalue weighted by Crippen LogP contribution is 2.22. The zero-order valence-electron chi connectivity index (χ0n) is 7.91. The molecule has 2 rings (SSSR count). The topological polar surface area (TPSA) is 47.3 Å². The average molecular weight is 182 g/mol. The summed E-state index contributed by atoms with van der Waals surface area (Å²) in [5.74, 6) is 0.657. The van der Waals surface area contributed by atoms with E-state index in [-0.39, 0.29) is 6.17 Å². The number of hydrogen-bond acceptors (Lipinski definition) is 3. The molecule has 2 aliphatic heterocycles. The normalized spacial score (nSPS) is 38.1. The number of hydrogen-bond donors (Lipinski definition) is 2. The molecule has 3 heteroatoms. The Bertz CT molecular complexity index is 185. The van der Waals surface area contributed by atoms with Crippen molar-refractivity contribution in [1.29, 1.82) is 0 Å². The molecule has 3 N–H and O–H groups in total. The van der Waals surface area contributed by atoms with Gasteiger partial charge in [0, 0.05) is 6.42 Å². The zero-order chi connectivity index (χ0) is 9.10. The summed E-state index contributed by atoms with van der Waals surface area (Å²) in [6.45, 7) is 1.08. The van der Waals surface area contributed by atoms with Crippen LogP contribution in [0.25, 0.3) is 0 Å². The van der Waals surface area contributed by atoms with Crippen molar-refractivity contribution < 1.29 is 4.74 Å². The van der Waals surface area contributed by atoms with Gasteiger partial charge in [0.1, 0.15) is 6.10 Å². The fourth-order valence-corrected chi connectivity index (χ4v) is 2.12. The summed E-state index contributed by atoms with van der Waals surface area (Å²) in [6, 6.07) is 0. The van der Waals surface area contributed by atoms with Crippen molar-refractivity contribution >= 4 is 0 Å². The molecular formula is C10H18N2O. The fourth-order valence-electron chi connectivity index (χ4n) is 2.12. The van der Waals surface area contributed by atoms with E-state index in [0.717, 1.165) is 19.4 Å². The number of nitrogens with one attached hydrogen (secondary N) is 1. The van der Waals surface area contributed by atoms with E-state index in [0.29, 0.717) is 12.0 Å². The fraction of sp³-hybridized carbons (Fsp3) is 0.800. The van der Waals surface area contributed by atoms with Crippen LogP contribution in [-0.4, -0.2) is 18.8 Å². The summed E-state index contributed by atoms with van der Waals surface area (Å²) in [5.41, 5.74) is 5.90. The van der Waals surface area contributed by atoms with Gasteiger partial charge >= 0.3 is 0 Å². The molecule has 0 amide bonds. The van der Waals surface area contributed by atoms with Crippen LogP contribution in [0.1, 0.15) is 25.7 Å². The first-order valence-electron chi connectivity index (χ1n) is 5.15.